The Kier molecular flexibility index (Phi) is 7.70. The zero-order chi connectivity index (χ0) is 26.0. The number of nitrogens with zero attached hydrogens (tertiary/aromatic N) is 3. The van der Waals surface area contributed by atoms with Gasteiger partial charge in [-0.05, 0) is 42.3 Å². The van der Waals surface area contributed by atoms with Gasteiger partial charge < -0.3 is 14.7 Å². The molecule has 1 aliphatic rings. The minimum absolute atomic E-state index is 0.0230. The van der Waals surface area contributed by atoms with Gasteiger partial charge in [-0.25, -0.2) is 13.4 Å². The van der Waals surface area contributed by atoms with Gasteiger partial charge >= 0.3 is 18.1 Å². The number of rotatable bonds is 7. The number of hydrogen-bond donors (Lipinski definition) is 1. The Balaban J connectivity index is 1.89. The monoisotopic (exact) mass is 515 g/mol. The van der Waals surface area contributed by atoms with Crippen LogP contribution in [0.3, 0.4) is 0 Å². The lowest BCUT2D eigenvalue weighted by Crippen LogP contribution is -2.55. The third-order valence-electron chi connectivity index (χ3n) is 5.74. The highest BCUT2D eigenvalue weighted by Gasteiger charge is 2.37. The van der Waals surface area contributed by atoms with Crippen molar-refractivity contribution >= 4 is 27.8 Å². The van der Waals surface area contributed by atoms with Gasteiger partial charge in [-0.1, -0.05) is 6.07 Å². The normalized spacial score (nSPS) is 17.3. The second-order valence-corrected chi connectivity index (χ2v) is 9.99. The zero-order valence-electron chi connectivity index (χ0n) is 18.9. The molecule has 0 saturated carbocycles. The number of aryl methyl sites for hydroxylation is 1. The Morgan fingerprint density at radius 2 is 1.91 bits per heavy atom. The highest BCUT2D eigenvalue weighted by Crippen LogP contribution is 2.31. The Bertz CT molecular complexity index is 1200. The van der Waals surface area contributed by atoms with Crippen LogP contribution in [0.25, 0.3) is 0 Å². The van der Waals surface area contributed by atoms with E-state index in [0.717, 1.165) is 10.4 Å². The number of carbonyl (C=O) groups excluding carboxylic acids is 1. The average Bonchev–Trinajstić information content (AvgIpc) is 2.79. The number of esters is 1. The fourth-order valence-corrected chi connectivity index (χ4v) is 5.35. The first-order valence-electron chi connectivity index (χ1n) is 10.5. The molecule has 2 aromatic rings. The number of halogens is 3. The lowest BCUT2D eigenvalue weighted by Gasteiger charge is -2.41. The van der Waals surface area contributed by atoms with E-state index in [9.17, 15) is 31.2 Å². The fourth-order valence-electron chi connectivity index (χ4n) is 3.83. The van der Waals surface area contributed by atoms with E-state index in [2.05, 4.69) is 4.98 Å². The second-order valence-electron chi connectivity index (χ2n) is 8.05. The molecule has 13 heteroatoms. The third-order valence-corrected chi connectivity index (χ3v) is 7.61. The van der Waals surface area contributed by atoms with E-state index in [-0.39, 0.29) is 43.2 Å². The van der Waals surface area contributed by atoms with Crippen molar-refractivity contribution in [3.63, 3.8) is 0 Å². The summed E-state index contributed by atoms with van der Waals surface area (Å²) in [5.74, 6) is -1.55. The van der Waals surface area contributed by atoms with Crippen molar-refractivity contribution in [3.8, 4) is 0 Å². The molecular weight excluding hydrogens is 491 g/mol. The summed E-state index contributed by atoms with van der Waals surface area (Å²) in [6, 6.07) is 5.53. The topological polar surface area (TPSA) is 117 Å². The summed E-state index contributed by atoms with van der Waals surface area (Å²) in [7, 11) is -2.87. The van der Waals surface area contributed by atoms with Gasteiger partial charge in [0.2, 0.25) is 10.0 Å². The third kappa shape index (κ3) is 6.09. The molecule has 35 heavy (non-hydrogen) atoms. The standard InChI is InChI=1S/C22H24F3N3O6S/c1-14-3-5-18(9-15(14)10-20(29)30)35(32,33)27-7-8-28(17(13-27)11-21(31)34-2)19-6-4-16(12-26-19)22(23,24)25/h3-6,9,12,17H,7-8,10-11,13H2,1-2H3,(H,29,30)/t17-/m0/s1. The lowest BCUT2D eigenvalue weighted by atomic mass is 10.1. The highest BCUT2D eigenvalue weighted by atomic mass is 32.2. The summed E-state index contributed by atoms with van der Waals surface area (Å²) < 4.78 is 71.3. The maximum atomic E-state index is 13.3. The highest BCUT2D eigenvalue weighted by molar-refractivity contribution is 7.89. The molecule has 1 aliphatic heterocycles. The van der Waals surface area contributed by atoms with Gasteiger partial charge in [-0.2, -0.15) is 17.5 Å². The molecule has 190 valence electrons. The van der Waals surface area contributed by atoms with Gasteiger partial charge in [0.1, 0.15) is 5.82 Å². The van der Waals surface area contributed by atoms with E-state index >= 15 is 0 Å². The quantitative estimate of drug-likeness (QED) is 0.559. The van der Waals surface area contributed by atoms with Gasteiger partial charge in [-0.3, -0.25) is 9.59 Å². The molecular formula is C22H24F3N3O6S. The fraction of sp³-hybridized carbons (Fsp3) is 0.409. The van der Waals surface area contributed by atoms with Crippen LogP contribution in [0.2, 0.25) is 0 Å². The summed E-state index contributed by atoms with van der Waals surface area (Å²) in [4.78, 5) is 28.5. The van der Waals surface area contributed by atoms with E-state index < -0.39 is 39.7 Å². The molecule has 1 N–H and O–H groups in total. The van der Waals surface area contributed by atoms with Gasteiger partial charge in [0.15, 0.2) is 0 Å². The zero-order valence-corrected chi connectivity index (χ0v) is 19.8. The van der Waals surface area contributed by atoms with Crippen molar-refractivity contribution in [1.82, 2.24) is 9.29 Å². The second kappa shape index (κ2) is 10.2. The lowest BCUT2D eigenvalue weighted by molar-refractivity contribution is -0.141. The summed E-state index contributed by atoms with van der Waals surface area (Å²) in [5.41, 5.74) is 0.0638. The van der Waals surface area contributed by atoms with Crippen LogP contribution in [0.15, 0.2) is 41.4 Å². The largest absolute Gasteiger partial charge is 0.481 e. The number of ether oxygens (including phenoxy) is 1. The molecule has 0 spiro atoms. The number of anilines is 1. The number of benzene rings is 1. The number of carboxylic acids is 1. The number of carboxylic acid groups (broad SMARTS) is 1. The van der Waals surface area contributed by atoms with Crippen LogP contribution in [-0.2, 0) is 36.9 Å². The van der Waals surface area contributed by atoms with Crippen molar-refractivity contribution in [3.05, 3.63) is 53.2 Å². The molecule has 0 bridgehead atoms. The number of pyridine rings is 1. The smallest absolute Gasteiger partial charge is 0.417 e. The molecule has 1 fully saturated rings. The van der Waals surface area contributed by atoms with Crippen molar-refractivity contribution in [1.29, 1.82) is 0 Å². The Morgan fingerprint density at radius 3 is 2.49 bits per heavy atom. The number of methoxy groups -OCH3 is 1. The predicted octanol–water partition coefficient (Wildman–Crippen LogP) is 2.48. The van der Waals surface area contributed by atoms with Gasteiger partial charge in [0, 0.05) is 25.8 Å². The number of piperazine rings is 1. The summed E-state index contributed by atoms with van der Waals surface area (Å²) in [6.07, 6.45) is -4.43. The summed E-state index contributed by atoms with van der Waals surface area (Å²) in [5, 5.41) is 9.10. The minimum atomic E-state index is -4.56. The van der Waals surface area contributed by atoms with Crippen molar-refractivity contribution in [2.45, 2.75) is 36.9 Å². The Hall–Kier alpha value is -3.19. The number of hydrogen-bond acceptors (Lipinski definition) is 7. The van der Waals surface area contributed by atoms with Crippen LogP contribution in [-0.4, -0.2) is 67.5 Å². The molecule has 0 unspecified atom stereocenters. The maximum Gasteiger partial charge on any atom is 0.417 e. The van der Waals surface area contributed by atoms with Crippen molar-refractivity contribution in [2.24, 2.45) is 0 Å². The van der Waals surface area contributed by atoms with Crippen molar-refractivity contribution in [2.75, 3.05) is 31.6 Å². The van der Waals surface area contributed by atoms with Crippen LogP contribution in [0.4, 0.5) is 19.0 Å². The predicted molar refractivity (Wildman–Crippen MR) is 118 cm³/mol. The van der Waals surface area contributed by atoms with E-state index in [1.165, 1.54) is 31.4 Å². The molecule has 9 nitrogen and oxygen atoms in total. The Morgan fingerprint density at radius 1 is 1.20 bits per heavy atom. The van der Waals surface area contributed by atoms with Crippen LogP contribution >= 0.6 is 0 Å². The van der Waals surface area contributed by atoms with Crippen LogP contribution < -0.4 is 4.90 Å². The SMILES string of the molecule is COC(=O)C[C@H]1CN(S(=O)(=O)c2ccc(C)c(CC(=O)O)c2)CCN1c1ccc(C(F)(F)F)cn1. The Labute approximate surface area is 200 Å². The number of aliphatic carboxylic acids is 1. The summed E-state index contributed by atoms with van der Waals surface area (Å²) >= 11 is 0. The van der Waals surface area contributed by atoms with Gasteiger partial charge in [-0.15, -0.1) is 0 Å². The molecule has 1 saturated heterocycles. The first kappa shape index (κ1) is 26.4. The van der Waals surface area contributed by atoms with E-state index in [0.29, 0.717) is 17.3 Å². The number of aromatic nitrogens is 1. The molecule has 3 rings (SSSR count). The van der Waals surface area contributed by atoms with Gasteiger partial charge in [0.05, 0.1) is 36.5 Å². The molecule has 0 aliphatic carbocycles. The average molecular weight is 516 g/mol. The van der Waals surface area contributed by atoms with Crippen LogP contribution in [0.1, 0.15) is 23.1 Å². The molecule has 0 amide bonds. The molecule has 0 radical (unpaired) electrons. The number of sulfonamides is 1. The van der Waals surface area contributed by atoms with E-state index in [4.69, 9.17) is 9.84 Å². The number of carbonyl (C=O) groups is 2. The van der Waals surface area contributed by atoms with Crippen LogP contribution in [0, 0.1) is 6.92 Å². The molecule has 2 heterocycles. The minimum Gasteiger partial charge on any atom is -0.481 e. The first-order valence-corrected chi connectivity index (χ1v) is 11.9. The van der Waals surface area contributed by atoms with Crippen LogP contribution in [0.5, 0.6) is 0 Å². The molecule has 1 aromatic carbocycles. The maximum absolute atomic E-state index is 13.3. The molecule has 1 aromatic heterocycles. The summed E-state index contributed by atoms with van der Waals surface area (Å²) in [6.45, 7) is 1.57. The number of alkyl halides is 3. The van der Waals surface area contributed by atoms with Crippen molar-refractivity contribution < 1.29 is 41.0 Å². The van der Waals surface area contributed by atoms with E-state index in [1.54, 1.807) is 11.8 Å². The first-order chi connectivity index (χ1) is 16.3. The molecule has 1 atom stereocenters. The van der Waals surface area contributed by atoms with Gasteiger partial charge in [0.25, 0.3) is 0 Å². The van der Waals surface area contributed by atoms with E-state index in [1.807, 2.05) is 0 Å².